The summed E-state index contributed by atoms with van der Waals surface area (Å²) in [6.45, 7) is 10.6. The fourth-order valence-electron chi connectivity index (χ4n) is 3.63. The van der Waals surface area contributed by atoms with E-state index in [1.165, 1.54) is 0 Å². The Balaban J connectivity index is 2.30. The van der Waals surface area contributed by atoms with Gasteiger partial charge in [0.05, 0.1) is 22.6 Å². The standard InChI is InChI=1S/C24H28ClN3O2/c1-15(2)14-27(22(29)13-25)18(5)23-26-21-9-7-6-8-20(21)24(30)28(23)19-11-10-16(3)17(4)12-19/h6-12,15,18H,13-14H2,1-5H3/t18-/m0/s1. The highest BCUT2D eigenvalue weighted by Crippen LogP contribution is 2.25. The highest BCUT2D eigenvalue weighted by Gasteiger charge is 2.27. The summed E-state index contributed by atoms with van der Waals surface area (Å²) in [6.07, 6.45) is 0. The molecule has 0 N–H and O–H groups in total. The van der Waals surface area contributed by atoms with Gasteiger partial charge in [0, 0.05) is 6.54 Å². The number of benzene rings is 2. The van der Waals surface area contributed by atoms with Crippen molar-refractivity contribution in [3.8, 4) is 5.69 Å². The van der Waals surface area contributed by atoms with E-state index in [-0.39, 0.29) is 23.3 Å². The van der Waals surface area contributed by atoms with E-state index in [4.69, 9.17) is 16.6 Å². The van der Waals surface area contributed by atoms with Crippen LogP contribution in [-0.4, -0.2) is 32.8 Å². The van der Waals surface area contributed by atoms with Crippen molar-refractivity contribution in [2.45, 2.75) is 40.7 Å². The van der Waals surface area contributed by atoms with Crippen LogP contribution < -0.4 is 5.56 Å². The van der Waals surface area contributed by atoms with E-state index in [2.05, 4.69) is 0 Å². The number of hydrogen-bond donors (Lipinski definition) is 0. The van der Waals surface area contributed by atoms with E-state index in [9.17, 15) is 9.59 Å². The summed E-state index contributed by atoms with van der Waals surface area (Å²) >= 11 is 5.90. The summed E-state index contributed by atoms with van der Waals surface area (Å²) < 4.78 is 1.63. The van der Waals surface area contributed by atoms with Crippen LogP contribution in [0.15, 0.2) is 47.3 Å². The number of para-hydroxylation sites is 1. The third-order valence-electron chi connectivity index (χ3n) is 5.39. The molecule has 2 aromatic carbocycles. The van der Waals surface area contributed by atoms with Crippen molar-refractivity contribution < 1.29 is 4.79 Å². The van der Waals surface area contributed by atoms with Crippen molar-refractivity contribution in [2.24, 2.45) is 5.92 Å². The van der Waals surface area contributed by atoms with Crippen molar-refractivity contribution in [3.05, 3.63) is 69.8 Å². The Labute approximate surface area is 182 Å². The van der Waals surface area contributed by atoms with E-state index >= 15 is 0 Å². The maximum absolute atomic E-state index is 13.5. The van der Waals surface area contributed by atoms with E-state index in [1.807, 2.05) is 71.0 Å². The van der Waals surface area contributed by atoms with Crippen LogP contribution in [0.25, 0.3) is 16.6 Å². The molecular weight excluding hydrogens is 398 g/mol. The summed E-state index contributed by atoms with van der Waals surface area (Å²) in [5.41, 5.74) is 3.45. The van der Waals surface area contributed by atoms with Crippen molar-refractivity contribution in [1.29, 1.82) is 0 Å². The second kappa shape index (κ2) is 9.00. The average molecular weight is 426 g/mol. The number of halogens is 1. The van der Waals surface area contributed by atoms with Crippen molar-refractivity contribution in [1.82, 2.24) is 14.5 Å². The molecule has 158 valence electrons. The minimum atomic E-state index is -0.419. The number of aromatic nitrogens is 2. The number of carbonyl (C=O) groups is 1. The van der Waals surface area contributed by atoms with Gasteiger partial charge in [0.1, 0.15) is 11.7 Å². The third kappa shape index (κ3) is 4.26. The van der Waals surface area contributed by atoms with Crippen molar-refractivity contribution in [3.63, 3.8) is 0 Å². The SMILES string of the molecule is Cc1ccc(-n2c([C@H](C)N(CC(C)C)C(=O)CCl)nc3ccccc3c2=O)cc1C. The van der Waals surface area contributed by atoms with Gasteiger partial charge in [-0.3, -0.25) is 14.2 Å². The molecular formula is C24H28ClN3O2. The number of carbonyl (C=O) groups excluding carboxylic acids is 1. The highest BCUT2D eigenvalue weighted by atomic mass is 35.5. The normalized spacial score (nSPS) is 12.4. The van der Waals surface area contributed by atoms with Gasteiger partial charge in [-0.15, -0.1) is 11.6 Å². The summed E-state index contributed by atoms with van der Waals surface area (Å²) in [5, 5.41) is 0.547. The van der Waals surface area contributed by atoms with Gasteiger partial charge in [0.15, 0.2) is 0 Å². The second-order valence-electron chi connectivity index (χ2n) is 8.15. The zero-order chi connectivity index (χ0) is 22.0. The number of rotatable bonds is 6. The molecule has 1 heterocycles. The summed E-state index contributed by atoms with van der Waals surface area (Å²) in [7, 11) is 0. The fourth-order valence-corrected chi connectivity index (χ4v) is 3.78. The Morgan fingerprint density at radius 3 is 2.43 bits per heavy atom. The second-order valence-corrected chi connectivity index (χ2v) is 8.41. The molecule has 5 nitrogen and oxygen atoms in total. The molecule has 0 radical (unpaired) electrons. The third-order valence-corrected chi connectivity index (χ3v) is 5.62. The van der Waals surface area contributed by atoms with Gasteiger partial charge < -0.3 is 4.90 Å². The predicted octanol–water partition coefficient (Wildman–Crippen LogP) is 4.79. The van der Waals surface area contributed by atoms with Gasteiger partial charge in [0.2, 0.25) is 5.91 Å². The van der Waals surface area contributed by atoms with Crippen LogP contribution in [-0.2, 0) is 4.79 Å². The first-order valence-electron chi connectivity index (χ1n) is 10.2. The fraction of sp³-hybridized carbons (Fsp3) is 0.375. The number of fused-ring (bicyclic) bond motifs is 1. The molecule has 0 aliphatic heterocycles. The lowest BCUT2D eigenvalue weighted by Crippen LogP contribution is -2.40. The molecule has 0 spiro atoms. The van der Waals surface area contributed by atoms with Crippen LogP contribution in [0.2, 0.25) is 0 Å². The number of hydrogen-bond acceptors (Lipinski definition) is 3. The number of alkyl halides is 1. The van der Waals surface area contributed by atoms with E-state index < -0.39 is 6.04 Å². The van der Waals surface area contributed by atoms with Gasteiger partial charge in [0.25, 0.3) is 5.56 Å². The van der Waals surface area contributed by atoms with Gasteiger partial charge in [-0.05, 0) is 62.1 Å². The molecule has 1 amide bonds. The number of amides is 1. The van der Waals surface area contributed by atoms with Crippen LogP contribution in [0.4, 0.5) is 0 Å². The maximum Gasteiger partial charge on any atom is 0.266 e. The van der Waals surface area contributed by atoms with Crippen LogP contribution in [0.5, 0.6) is 0 Å². The summed E-state index contributed by atoms with van der Waals surface area (Å²) in [6, 6.07) is 12.8. The molecule has 3 rings (SSSR count). The Kier molecular flexibility index (Phi) is 6.61. The summed E-state index contributed by atoms with van der Waals surface area (Å²) in [5.74, 6) is 0.494. The summed E-state index contributed by atoms with van der Waals surface area (Å²) in [4.78, 5) is 32.7. The first-order valence-corrected chi connectivity index (χ1v) is 10.7. The molecule has 0 aliphatic rings. The topological polar surface area (TPSA) is 55.2 Å². The lowest BCUT2D eigenvalue weighted by Gasteiger charge is -2.31. The molecule has 30 heavy (non-hydrogen) atoms. The molecule has 6 heteroatoms. The molecule has 1 atom stereocenters. The zero-order valence-electron chi connectivity index (χ0n) is 18.1. The minimum Gasteiger partial charge on any atom is -0.331 e. The Morgan fingerprint density at radius 2 is 1.80 bits per heavy atom. The van der Waals surface area contributed by atoms with Crippen LogP contribution in [0.3, 0.4) is 0 Å². The Bertz CT molecular complexity index is 1140. The Morgan fingerprint density at radius 1 is 1.10 bits per heavy atom. The molecule has 0 fully saturated rings. The number of aryl methyl sites for hydroxylation is 2. The molecule has 3 aromatic rings. The molecule has 1 aromatic heterocycles. The lowest BCUT2D eigenvalue weighted by atomic mass is 10.1. The first kappa shape index (κ1) is 22.0. The van der Waals surface area contributed by atoms with E-state index in [1.54, 1.807) is 15.5 Å². The predicted molar refractivity (Wildman–Crippen MR) is 123 cm³/mol. The van der Waals surface area contributed by atoms with Crippen molar-refractivity contribution >= 4 is 28.4 Å². The van der Waals surface area contributed by atoms with Crippen molar-refractivity contribution in [2.75, 3.05) is 12.4 Å². The largest absolute Gasteiger partial charge is 0.331 e. The lowest BCUT2D eigenvalue weighted by molar-refractivity contribution is -0.131. The maximum atomic E-state index is 13.5. The van der Waals surface area contributed by atoms with Gasteiger partial charge in [-0.1, -0.05) is 32.0 Å². The smallest absolute Gasteiger partial charge is 0.266 e. The molecule has 0 saturated heterocycles. The minimum absolute atomic E-state index is 0.113. The Hall–Kier alpha value is -2.66. The highest BCUT2D eigenvalue weighted by molar-refractivity contribution is 6.27. The van der Waals surface area contributed by atoms with Crippen LogP contribution in [0.1, 0.15) is 43.8 Å². The van der Waals surface area contributed by atoms with E-state index in [0.29, 0.717) is 23.3 Å². The van der Waals surface area contributed by atoms with Crippen LogP contribution >= 0.6 is 11.6 Å². The quantitative estimate of drug-likeness (QED) is 0.533. The van der Waals surface area contributed by atoms with Gasteiger partial charge >= 0.3 is 0 Å². The van der Waals surface area contributed by atoms with Crippen LogP contribution in [0, 0.1) is 19.8 Å². The van der Waals surface area contributed by atoms with E-state index in [0.717, 1.165) is 16.8 Å². The molecule has 0 aliphatic carbocycles. The number of nitrogens with zero attached hydrogens (tertiary/aromatic N) is 3. The average Bonchev–Trinajstić information content (AvgIpc) is 2.73. The molecule has 0 bridgehead atoms. The van der Waals surface area contributed by atoms with Gasteiger partial charge in [-0.25, -0.2) is 4.98 Å². The molecule has 0 saturated carbocycles. The van der Waals surface area contributed by atoms with Gasteiger partial charge in [-0.2, -0.15) is 0 Å². The molecule has 0 unspecified atom stereocenters. The monoisotopic (exact) mass is 425 g/mol. The first-order chi connectivity index (χ1) is 14.2. The zero-order valence-corrected chi connectivity index (χ0v) is 18.9.